The van der Waals surface area contributed by atoms with E-state index in [4.69, 9.17) is 4.74 Å². The van der Waals surface area contributed by atoms with Gasteiger partial charge in [-0.25, -0.2) is 0 Å². The fraction of sp³-hybridized carbons (Fsp3) is 0.720. The van der Waals surface area contributed by atoms with Crippen LogP contribution in [0.4, 0.5) is 0 Å². The Morgan fingerprint density at radius 3 is 2.58 bits per heavy atom. The first-order valence-electron chi connectivity index (χ1n) is 12.1. The average molecular weight is 539 g/mol. The van der Waals surface area contributed by atoms with Gasteiger partial charge in [0.05, 0.1) is 6.10 Å². The number of likely N-dealkylation sites (tertiary alicyclic amines) is 1. The van der Waals surface area contributed by atoms with Gasteiger partial charge in [0.2, 0.25) is 0 Å². The number of nitrogens with one attached hydrogen (secondary N) is 2. The number of hydrogen-bond acceptors (Lipinski definition) is 3. The Balaban J connectivity index is 0.00000231. The number of rotatable bonds is 4. The maximum absolute atomic E-state index is 6.15. The molecule has 3 atom stereocenters. The van der Waals surface area contributed by atoms with Crippen molar-refractivity contribution in [3.63, 3.8) is 0 Å². The van der Waals surface area contributed by atoms with E-state index < -0.39 is 0 Å². The lowest BCUT2D eigenvalue weighted by atomic mass is 9.54. The van der Waals surface area contributed by atoms with Crippen molar-refractivity contribution in [3.05, 3.63) is 35.4 Å². The number of piperidine rings is 1. The van der Waals surface area contributed by atoms with E-state index in [-0.39, 0.29) is 24.0 Å². The molecule has 5 rings (SSSR count). The first kappa shape index (κ1) is 23.3. The van der Waals surface area contributed by atoms with Crippen LogP contribution in [-0.2, 0) is 11.3 Å². The number of benzene rings is 1. The highest BCUT2D eigenvalue weighted by Crippen LogP contribution is 2.60. The third-order valence-electron chi connectivity index (χ3n) is 8.39. The van der Waals surface area contributed by atoms with E-state index in [1.165, 1.54) is 56.1 Å². The number of guanidine groups is 1. The Morgan fingerprint density at radius 2 is 1.87 bits per heavy atom. The van der Waals surface area contributed by atoms with Gasteiger partial charge in [0.1, 0.15) is 0 Å². The molecule has 4 fully saturated rings. The Labute approximate surface area is 204 Å². The quantitative estimate of drug-likeness (QED) is 0.345. The summed E-state index contributed by atoms with van der Waals surface area (Å²) in [6.45, 7) is 6.53. The van der Waals surface area contributed by atoms with E-state index >= 15 is 0 Å². The minimum Gasteiger partial charge on any atom is -0.377 e. The van der Waals surface area contributed by atoms with Crippen LogP contribution in [0.2, 0.25) is 0 Å². The van der Waals surface area contributed by atoms with Gasteiger partial charge in [0, 0.05) is 56.7 Å². The summed E-state index contributed by atoms with van der Waals surface area (Å²) in [4.78, 5) is 7.20. The maximum Gasteiger partial charge on any atom is 0.191 e. The molecule has 31 heavy (non-hydrogen) atoms. The molecule has 1 spiro atoms. The Morgan fingerprint density at radius 1 is 1.13 bits per heavy atom. The van der Waals surface area contributed by atoms with Crippen LogP contribution < -0.4 is 10.6 Å². The number of aryl methyl sites for hydroxylation is 1. The molecule has 2 heterocycles. The van der Waals surface area contributed by atoms with E-state index in [2.05, 4.69) is 51.7 Å². The van der Waals surface area contributed by atoms with Crippen LogP contribution in [0.1, 0.15) is 56.1 Å². The Kier molecular flexibility index (Phi) is 7.48. The van der Waals surface area contributed by atoms with Gasteiger partial charge in [0.15, 0.2) is 5.96 Å². The second-order valence-electron chi connectivity index (χ2n) is 10.00. The van der Waals surface area contributed by atoms with E-state index in [1.54, 1.807) is 0 Å². The fourth-order valence-corrected chi connectivity index (χ4v) is 6.68. The second kappa shape index (κ2) is 9.96. The van der Waals surface area contributed by atoms with Crippen LogP contribution in [-0.4, -0.2) is 55.8 Å². The van der Waals surface area contributed by atoms with Crippen molar-refractivity contribution in [2.75, 3.05) is 26.7 Å². The molecule has 0 bridgehead atoms. The standard InChI is InChI=1S/C25H38N4O.HI/c1-18-7-3-4-8-19(18)17-29-14-9-20(10-15-29)27-24(26-2)28-22-21-11-16-30-23(21)25(22)12-5-6-13-25;/h3-4,7-8,20-23H,5-6,9-17H2,1-2H3,(H2,26,27,28);1H. The van der Waals surface area contributed by atoms with Gasteiger partial charge in [-0.3, -0.25) is 9.89 Å². The third-order valence-corrected chi connectivity index (χ3v) is 8.39. The molecular weight excluding hydrogens is 499 g/mol. The summed E-state index contributed by atoms with van der Waals surface area (Å²) in [7, 11) is 1.92. The van der Waals surface area contributed by atoms with Gasteiger partial charge in [-0.15, -0.1) is 24.0 Å². The maximum atomic E-state index is 6.15. The summed E-state index contributed by atoms with van der Waals surface area (Å²) in [5, 5.41) is 7.62. The summed E-state index contributed by atoms with van der Waals surface area (Å²) in [6.07, 6.45) is 9.42. The predicted molar refractivity (Wildman–Crippen MR) is 137 cm³/mol. The molecule has 6 heteroatoms. The van der Waals surface area contributed by atoms with E-state index in [0.717, 1.165) is 32.2 Å². The molecule has 0 radical (unpaired) electrons. The molecule has 172 valence electrons. The number of aliphatic imine (C=N–C) groups is 1. The van der Waals surface area contributed by atoms with Gasteiger partial charge in [0.25, 0.3) is 0 Å². The molecule has 5 nitrogen and oxygen atoms in total. The van der Waals surface area contributed by atoms with Crippen LogP contribution in [0.25, 0.3) is 0 Å². The lowest BCUT2D eigenvalue weighted by Gasteiger charge is -2.57. The highest BCUT2D eigenvalue weighted by atomic mass is 127. The number of ether oxygens (including phenoxy) is 1. The topological polar surface area (TPSA) is 48.9 Å². The normalized spacial score (nSPS) is 30.5. The number of nitrogens with zero attached hydrogens (tertiary/aromatic N) is 2. The molecule has 0 aromatic heterocycles. The van der Waals surface area contributed by atoms with Gasteiger partial charge >= 0.3 is 0 Å². The first-order chi connectivity index (χ1) is 14.7. The highest BCUT2D eigenvalue weighted by molar-refractivity contribution is 14.0. The zero-order valence-electron chi connectivity index (χ0n) is 19.1. The molecule has 2 aliphatic carbocycles. The second-order valence-corrected chi connectivity index (χ2v) is 10.00. The molecule has 2 N–H and O–H groups in total. The van der Waals surface area contributed by atoms with E-state index in [1.807, 2.05) is 7.05 Å². The number of halogens is 1. The van der Waals surface area contributed by atoms with Gasteiger partial charge in [-0.1, -0.05) is 37.1 Å². The van der Waals surface area contributed by atoms with Crippen LogP contribution in [0.3, 0.4) is 0 Å². The number of hydrogen-bond donors (Lipinski definition) is 2. The minimum atomic E-state index is 0. The zero-order valence-corrected chi connectivity index (χ0v) is 21.4. The Bertz CT molecular complexity index is 771. The van der Waals surface area contributed by atoms with Gasteiger partial charge in [-0.2, -0.15) is 0 Å². The van der Waals surface area contributed by atoms with E-state index in [9.17, 15) is 0 Å². The SMILES string of the molecule is CN=C(NC1CCN(Cc2ccccc2C)CC1)NC1C2CCOC2C12CCCC2.I. The first-order valence-corrected chi connectivity index (χ1v) is 12.1. The van der Waals surface area contributed by atoms with E-state index in [0.29, 0.717) is 29.5 Å². The highest BCUT2D eigenvalue weighted by Gasteiger charge is 2.65. The summed E-state index contributed by atoms with van der Waals surface area (Å²) < 4.78 is 6.15. The van der Waals surface area contributed by atoms with Gasteiger partial charge in [-0.05, 0) is 50.2 Å². The molecule has 1 aromatic carbocycles. The van der Waals surface area contributed by atoms with Crippen LogP contribution in [0, 0.1) is 18.3 Å². The molecule has 1 aromatic rings. The summed E-state index contributed by atoms with van der Waals surface area (Å²) >= 11 is 0. The average Bonchev–Trinajstić information content (AvgIpc) is 3.43. The van der Waals surface area contributed by atoms with Crippen LogP contribution in [0.15, 0.2) is 29.3 Å². The van der Waals surface area contributed by atoms with Crippen LogP contribution >= 0.6 is 24.0 Å². The molecule has 2 saturated heterocycles. The van der Waals surface area contributed by atoms with Crippen molar-refractivity contribution in [1.82, 2.24) is 15.5 Å². The Hall–Kier alpha value is -0.860. The molecule has 2 aliphatic heterocycles. The minimum absolute atomic E-state index is 0. The van der Waals surface area contributed by atoms with Crippen LogP contribution in [0.5, 0.6) is 0 Å². The summed E-state index contributed by atoms with van der Waals surface area (Å²) in [6, 6.07) is 9.83. The monoisotopic (exact) mass is 538 g/mol. The largest absolute Gasteiger partial charge is 0.377 e. The predicted octanol–water partition coefficient (Wildman–Crippen LogP) is 4.09. The molecule has 0 amide bonds. The van der Waals surface area contributed by atoms with Crippen molar-refractivity contribution < 1.29 is 4.74 Å². The number of fused-ring (bicyclic) bond motifs is 2. The molecular formula is C25H39IN4O. The zero-order chi connectivity index (χ0) is 20.6. The van der Waals surface area contributed by atoms with Crippen molar-refractivity contribution in [2.24, 2.45) is 16.3 Å². The molecule has 4 aliphatic rings. The molecule has 3 unspecified atom stereocenters. The third kappa shape index (κ3) is 4.49. The summed E-state index contributed by atoms with van der Waals surface area (Å²) in [5.74, 6) is 1.69. The fourth-order valence-electron chi connectivity index (χ4n) is 6.68. The smallest absolute Gasteiger partial charge is 0.191 e. The van der Waals surface area contributed by atoms with Crippen molar-refractivity contribution in [3.8, 4) is 0 Å². The van der Waals surface area contributed by atoms with Gasteiger partial charge < -0.3 is 15.4 Å². The van der Waals surface area contributed by atoms with Crippen molar-refractivity contribution in [1.29, 1.82) is 0 Å². The van der Waals surface area contributed by atoms with Crippen molar-refractivity contribution in [2.45, 2.75) is 76.6 Å². The lowest BCUT2D eigenvalue weighted by Crippen LogP contribution is -2.69. The molecule has 2 saturated carbocycles. The summed E-state index contributed by atoms with van der Waals surface area (Å²) in [5.41, 5.74) is 3.23. The van der Waals surface area contributed by atoms with Crippen molar-refractivity contribution >= 4 is 29.9 Å². The lowest BCUT2D eigenvalue weighted by molar-refractivity contribution is -0.125.